The molecule has 0 aliphatic carbocycles. The summed E-state index contributed by atoms with van der Waals surface area (Å²) in [5, 5.41) is 31.5. The molecule has 6 atom stereocenters. The summed E-state index contributed by atoms with van der Waals surface area (Å²) in [5.74, 6) is -3.27. The smallest absolute Gasteiger partial charge is 0.335 e. The maximum atomic E-state index is 13.2. The van der Waals surface area contributed by atoms with Gasteiger partial charge in [-0.2, -0.15) is 0 Å². The molecule has 12 heteroatoms. The first-order valence-electron chi connectivity index (χ1n) is 31.5. The highest BCUT2D eigenvalue weighted by Gasteiger charge is 2.50. The van der Waals surface area contributed by atoms with Crippen molar-refractivity contribution in [2.45, 2.75) is 276 Å². The molecule has 0 saturated carbocycles. The van der Waals surface area contributed by atoms with Gasteiger partial charge in [0, 0.05) is 19.3 Å². The van der Waals surface area contributed by atoms with Crippen LogP contribution in [-0.2, 0) is 42.9 Å². The molecule has 0 aromatic rings. The van der Waals surface area contributed by atoms with E-state index in [1.807, 2.05) is 18.2 Å². The number of aliphatic hydroxyl groups excluding tert-OH is 2. The van der Waals surface area contributed by atoms with E-state index in [0.717, 1.165) is 116 Å². The first kappa shape index (κ1) is 74.1. The van der Waals surface area contributed by atoms with Crippen LogP contribution in [0.25, 0.3) is 0 Å². The number of esters is 3. The number of hydrogen-bond acceptors (Lipinski definition) is 11. The van der Waals surface area contributed by atoms with Gasteiger partial charge in [-0.05, 0) is 116 Å². The lowest BCUT2D eigenvalue weighted by molar-refractivity contribution is -0.301. The fraction of sp³-hybridized carbons (Fsp3) is 0.652. The molecule has 0 bridgehead atoms. The predicted octanol–water partition coefficient (Wildman–Crippen LogP) is 16.8. The van der Waals surface area contributed by atoms with Crippen molar-refractivity contribution in [3.63, 3.8) is 0 Å². The molecular formula is C69H110O12. The molecule has 0 radical (unpaired) electrons. The van der Waals surface area contributed by atoms with Gasteiger partial charge in [-0.15, -0.1) is 0 Å². The average Bonchev–Trinajstić information content (AvgIpc) is 3.54. The lowest BCUT2D eigenvalue weighted by atomic mass is 9.98. The zero-order valence-corrected chi connectivity index (χ0v) is 50.5. The molecule has 81 heavy (non-hydrogen) atoms. The van der Waals surface area contributed by atoms with Crippen molar-refractivity contribution in [3.8, 4) is 0 Å². The van der Waals surface area contributed by atoms with Gasteiger partial charge < -0.3 is 39.0 Å². The molecule has 1 aliphatic heterocycles. The quantitative estimate of drug-likeness (QED) is 0.0228. The summed E-state index contributed by atoms with van der Waals surface area (Å²) >= 11 is 0. The maximum absolute atomic E-state index is 13.2. The molecule has 458 valence electrons. The fourth-order valence-corrected chi connectivity index (χ4v) is 8.76. The second kappa shape index (κ2) is 55.6. The van der Waals surface area contributed by atoms with E-state index in [0.29, 0.717) is 25.7 Å². The molecule has 0 aromatic carbocycles. The number of unbranched alkanes of at least 4 members (excludes halogenated alkanes) is 18. The molecule has 12 nitrogen and oxygen atoms in total. The van der Waals surface area contributed by atoms with Crippen molar-refractivity contribution in [3.05, 3.63) is 122 Å². The van der Waals surface area contributed by atoms with Crippen molar-refractivity contribution in [2.24, 2.45) is 0 Å². The highest BCUT2D eigenvalue weighted by molar-refractivity contribution is 5.74. The van der Waals surface area contributed by atoms with Crippen LogP contribution in [0.3, 0.4) is 0 Å². The lowest BCUT2D eigenvalue weighted by Gasteiger charge is -2.40. The Morgan fingerprint density at radius 1 is 0.420 bits per heavy atom. The molecule has 1 fully saturated rings. The van der Waals surface area contributed by atoms with Crippen LogP contribution in [0.1, 0.15) is 239 Å². The number of ether oxygens (including phenoxy) is 5. The van der Waals surface area contributed by atoms with E-state index in [1.165, 1.54) is 57.8 Å². The van der Waals surface area contributed by atoms with Crippen LogP contribution in [0, 0.1) is 0 Å². The van der Waals surface area contributed by atoms with E-state index in [2.05, 4.69) is 124 Å². The van der Waals surface area contributed by atoms with Gasteiger partial charge in [0.1, 0.15) is 18.8 Å². The summed E-state index contributed by atoms with van der Waals surface area (Å²) in [5.41, 5.74) is 0. The minimum atomic E-state index is -1.94. The van der Waals surface area contributed by atoms with Gasteiger partial charge in [0.25, 0.3) is 0 Å². The van der Waals surface area contributed by atoms with Crippen molar-refractivity contribution in [1.82, 2.24) is 0 Å². The number of rotatable bonds is 52. The highest BCUT2D eigenvalue weighted by Crippen LogP contribution is 2.26. The summed E-state index contributed by atoms with van der Waals surface area (Å²) in [6.07, 6.45) is 64.5. The monoisotopic (exact) mass is 1130 g/mol. The topological polar surface area (TPSA) is 175 Å². The predicted molar refractivity (Wildman–Crippen MR) is 330 cm³/mol. The molecule has 3 N–H and O–H groups in total. The molecule has 0 spiro atoms. The van der Waals surface area contributed by atoms with Crippen LogP contribution in [-0.4, -0.2) is 89.2 Å². The standard InChI is InChI=1S/C69H110O12/c1-4-7-10-13-16-19-22-25-28-30-31-33-36-39-42-45-48-51-54-57-63(72)80-67-65(74)64(73)66(68(75)76)81-69(67)78-59-60(79-62(71)56-53-50-47-44-41-38-34-27-24-21-18-15-12-9-6-3)58-77-61(70)55-52-49-46-43-40-37-35-32-29-26-23-20-17-14-11-8-5-2/h7,9-10,12,16,18-19,21,25-29,31,33-34,39,42,48,51,60,64-67,69,73-74H,4-6,8,11,13-15,17,20,22-24,30,32,35-38,40-41,43-47,49-50,52-59H2,1-3H3,(H,75,76)/b10-7-,12-9-,19-16-,21-18-,28-25-,29-26-,33-31-,34-27-,42-39-,51-48-. The Kier molecular flexibility index (Phi) is 50.9. The number of aliphatic hydroxyl groups is 2. The summed E-state index contributed by atoms with van der Waals surface area (Å²) < 4.78 is 28.4. The van der Waals surface area contributed by atoms with Crippen LogP contribution in [0.15, 0.2) is 122 Å². The molecule has 0 amide bonds. The fourth-order valence-electron chi connectivity index (χ4n) is 8.76. The second-order valence-electron chi connectivity index (χ2n) is 20.9. The molecule has 6 unspecified atom stereocenters. The summed E-state index contributed by atoms with van der Waals surface area (Å²) in [7, 11) is 0. The Bertz CT molecular complexity index is 1870. The molecule has 1 rings (SSSR count). The van der Waals surface area contributed by atoms with Gasteiger partial charge in [-0.1, -0.05) is 226 Å². The highest BCUT2D eigenvalue weighted by atomic mass is 16.7. The third kappa shape index (κ3) is 45.3. The van der Waals surface area contributed by atoms with Gasteiger partial charge in [0.05, 0.1) is 6.61 Å². The normalized spacial score (nSPS) is 18.6. The largest absolute Gasteiger partial charge is 0.479 e. The number of carboxylic acid groups (broad SMARTS) is 1. The number of hydrogen-bond donors (Lipinski definition) is 3. The SMILES string of the molecule is CC/C=C\C/C=C\C/C=C\C/C=C\C/C=C\C/C=C\CCC(=O)OC1C(OCC(COC(=O)CCCCCCCCC/C=C\CCCCCCCC)OC(=O)CCCCCCC/C=C\C/C=C\C/C=C\CC)OC(C(=O)O)C(O)C1O. The first-order valence-corrected chi connectivity index (χ1v) is 31.5. The zero-order valence-electron chi connectivity index (χ0n) is 50.5. The van der Waals surface area contributed by atoms with Gasteiger partial charge in [0.15, 0.2) is 24.6 Å². The van der Waals surface area contributed by atoms with Crippen molar-refractivity contribution < 1.29 is 58.2 Å². The summed E-state index contributed by atoms with van der Waals surface area (Å²) in [4.78, 5) is 51.2. The Hall–Kier alpha value is -4.88. The summed E-state index contributed by atoms with van der Waals surface area (Å²) in [6.45, 7) is 5.72. The molecular weight excluding hydrogens is 1020 g/mol. The van der Waals surface area contributed by atoms with Crippen molar-refractivity contribution >= 4 is 23.9 Å². The first-order chi connectivity index (χ1) is 39.6. The van der Waals surface area contributed by atoms with E-state index in [1.54, 1.807) is 0 Å². The van der Waals surface area contributed by atoms with Gasteiger partial charge >= 0.3 is 23.9 Å². The van der Waals surface area contributed by atoms with Crippen LogP contribution >= 0.6 is 0 Å². The number of carbonyl (C=O) groups excluding carboxylic acids is 3. The molecule has 1 saturated heterocycles. The Morgan fingerprint density at radius 3 is 1.25 bits per heavy atom. The average molecular weight is 1130 g/mol. The Balaban J connectivity index is 2.73. The molecule has 0 aromatic heterocycles. The van der Waals surface area contributed by atoms with E-state index in [9.17, 15) is 34.5 Å². The van der Waals surface area contributed by atoms with E-state index in [4.69, 9.17) is 23.7 Å². The van der Waals surface area contributed by atoms with Crippen LogP contribution in [0.2, 0.25) is 0 Å². The van der Waals surface area contributed by atoms with Gasteiger partial charge in [-0.25, -0.2) is 4.79 Å². The third-order valence-corrected chi connectivity index (χ3v) is 13.5. The zero-order chi connectivity index (χ0) is 58.9. The minimum absolute atomic E-state index is 0.0729. The molecule has 1 aliphatic rings. The minimum Gasteiger partial charge on any atom is -0.479 e. The van der Waals surface area contributed by atoms with Crippen LogP contribution in [0.5, 0.6) is 0 Å². The van der Waals surface area contributed by atoms with Gasteiger partial charge in [0.2, 0.25) is 0 Å². The molecule has 1 heterocycles. The van der Waals surface area contributed by atoms with Gasteiger partial charge in [-0.3, -0.25) is 14.4 Å². The maximum Gasteiger partial charge on any atom is 0.335 e. The van der Waals surface area contributed by atoms with Crippen LogP contribution < -0.4 is 0 Å². The van der Waals surface area contributed by atoms with Crippen LogP contribution in [0.4, 0.5) is 0 Å². The Labute approximate surface area is 490 Å². The third-order valence-electron chi connectivity index (χ3n) is 13.5. The number of aliphatic carboxylic acids is 1. The second-order valence-corrected chi connectivity index (χ2v) is 20.9. The number of carbonyl (C=O) groups is 4. The Morgan fingerprint density at radius 2 is 0.802 bits per heavy atom. The number of carboxylic acids is 1. The van der Waals surface area contributed by atoms with E-state index in [-0.39, 0.29) is 25.9 Å². The number of allylic oxidation sites excluding steroid dienone is 20. The van der Waals surface area contributed by atoms with E-state index >= 15 is 0 Å². The summed E-state index contributed by atoms with van der Waals surface area (Å²) in [6, 6.07) is 0. The van der Waals surface area contributed by atoms with E-state index < -0.39 is 67.3 Å². The van der Waals surface area contributed by atoms with Crippen molar-refractivity contribution in [1.29, 1.82) is 0 Å². The van der Waals surface area contributed by atoms with Crippen molar-refractivity contribution in [2.75, 3.05) is 13.2 Å². The lowest BCUT2D eigenvalue weighted by Crippen LogP contribution is -2.61.